The summed E-state index contributed by atoms with van der Waals surface area (Å²) < 4.78 is 11.3. The normalized spacial score (nSPS) is 20.2. The molecule has 1 atom stereocenters. The standard InChI is InChI=1S/C17H28N2O2/c1-5-18-15(14-8-6-7-9-16(14)20-4)12-19-10-11-21-17(2,3)13-19/h6-9,15,18H,5,10-13H2,1-4H3. The van der Waals surface area contributed by atoms with E-state index in [1.807, 2.05) is 12.1 Å². The zero-order valence-electron chi connectivity index (χ0n) is 13.7. The van der Waals surface area contributed by atoms with E-state index in [4.69, 9.17) is 9.47 Å². The maximum absolute atomic E-state index is 5.80. The van der Waals surface area contributed by atoms with Crippen molar-refractivity contribution in [3.8, 4) is 5.75 Å². The van der Waals surface area contributed by atoms with E-state index < -0.39 is 0 Å². The fourth-order valence-corrected chi connectivity index (χ4v) is 3.00. The zero-order valence-corrected chi connectivity index (χ0v) is 13.7. The van der Waals surface area contributed by atoms with E-state index in [1.54, 1.807) is 7.11 Å². The number of ether oxygens (including phenoxy) is 2. The van der Waals surface area contributed by atoms with Crippen LogP contribution in [0.25, 0.3) is 0 Å². The van der Waals surface area contributed by atoms with Gasteiger partial charge in [0.1, 0.15) is 5.75 Å². The highest BCUT2D eigenvalue weighted by Crippen LogP contribution is 2.27. The molecule has 0 amide bonds. The topological polar surface area (TPSA) is 33.7 Å². The Morgan fingerprint density at radius 2 is 2.14 bits per heavy atom. The minimum atomic E-state index is -0.0597. The van der Waals surface area contributed by atoms with Crippen LogP contribution < -0.4 is 10.1 Å². The molecule has 1 N–H and O–H groups in total. The van der Waals surface area contributed by atoms with Gasteiger partial charge in [-0.05, 0) is 26.5 Å². The van der Waals surface area contributed by atoms with Gasteiger partial charge in [0.2, 0.25) is 0 Å². The molecule has 1 heterocycles. The Kier molecular flexibility index (Phi) is 5.62. The summed E-state index contributed by atoms with van der Waals surface area (Å²) in [6.07, 6.45) is 0. The lowest BCUT2D eigenvalue weighted by Crippen LogP contribution is -2.50. The van der Waals surface area contributed by atoms with Gasteiger partial charge >= 0.3 is 0 Å². The third-order valence-corrected chi connectivity index (χ3v) is 3.91. The fraction of sp³-hybridized carbons (Fsp3) is 0.647. The van der Waals surface area contributed by atoms with Crippen molar-refractivity contribution in [2.75, 3.05) is 39.9 Å². The second kappa shape index (κ2) is 7.25. The van der Waals surface area contributed by atoms with Crippen LogP contribution in [-0.4, -0.2) is 50.4 Å². The Morgan fingerprint density at radius 1 is 1.38 bits per heavy atom. The van der Waals surface area contributed by atoms with Crippen LogP contribution in [0, 0.1) is 0 Å². The number of nitrogens with zero attached hydrogens (tertiary/aromatic N) is 1. The first-order valence-electron chi connectivity index (χ1n) is 7.78. The molecule has 1 saturated heterocycles. The van der Waals surface area contributed by atoms with E-state index >= 15 is 0 Å². The highest BCUT2D eigenvalue weighted by Gasteiger charge is 2.29. The molecule has 1 aromatic carbocycles. The largest absolute Gasteiger partial charge is 0.496 e. The van der Waals surface area contributed by atoms with Crippen LogP contribution in [0.4, 0.5) is 0 Å². The average molecular weight is 292 g/mol. The maximum Gasteiger partial charge on any atom is 0.123 e. The molecule has 0 aromatic heterocycles. The van der Waals surface area contributed by atoms with Gasteiger partial charge in [-0.1, -0.05) is 25.1 Å². The van der Waals surface area contributed by atoms with E-state index in [1.165, 1.54) is 5.56 Å². The summed E-state index contributed by atoms with van der Waals surface area (Å²) in [5.41, 5.74) is 1.17. The van der Waals surface area contributed by atoms with Crippen molar-refractivity contribution in [2.45, 2.75) is 32.4 Å². The van der Waals surface area contributed by atoms with E-state index in [9.17, 15) is 0 Å². The Hall–Kier alpha value is -1.10. The molecule has 21 heavy (non-hydrogen) atoms. The number of rotatable bonds is 6. The first-order chi connectivity index (χ1) is 10.1. The summed E-state index contributed by atoms with van der Waals surface area (Å²) >= 11 is 0. The SMILES string of the molecule is CCNC(CN1CCOC(C)(C)C1)c1ccccc1OC. The average Bonchev–Trinajstić information content (AvgIpc) is 2.46. The Balaban J connectivity index is 2.12. The summed E-state index contributed by atoms with van der Waals surface area (Å²) in [6, 6.07) is 8.55. The predicted molar refractivity (Wildman–Crippen MR) is 85.9 cm³/mol. The van der Waals surface area contributed by atoms with Crippen LogP contribution in [0.15, 0.2) is 24.3 Å². The van der Waals surface area contributed by atoms with Gasteiger partial charge in [0.15, 0.2) is 0 Å². The van der Waals surface area contributed by atoms with Crippen LogP contribution in [0.1, 0.15) is 32.4 Å². The van der Waals surface area contributed by atoms with Crippen molar-refractivity contribution >= 4 is 0 Å². The minimum Gasteiger partial charge on any atom is -0.496 e. The third kappa shape index (κ3) is 4.43. The monoisotopic (exact) mass is 292 g/mol. The fourth-order valence-electron chi connectivity index (χ4n) is 3.00. The van der Waals surface area contributed by atoms with Crippen molar-refractivity contribution in [2.24, 2.45) is 0 Å². The van der Waals surface area contributed by atoms with Crippen molar-refractivity contribution in [1.82, 2.24) is 10.2 Å². The van der Waals surface area contributed by atoms with Gasteiger partial charge in [0.25, 0.3) is 0 Å². The third-order valence-electron chi connectivity index (χ3n) is 3.91. The van der Waals surface area contributed by atoms with Crippen LogP contribution >= 0.6 is 0 Å². The smallest absolute Gasteiger partial charge is 0.123 e. The van der Waals surface area contributed by atoms with Crippen LogP contribution in [0.2, 0.25) is 0 Å². The Morgan fingerprint density at radius 3 is 2.81 bits per heavy atom. The van der Waals surface area contributed by atoms with Crippen molar-refractivity contribution in [1.29, 1.82) is 0 Å². The summed E-state index contributed by atoms with van der Waals surface area (Å²) in [5.74, 6) is 0.955. The molecular formula is C17H28N2O2. The number of para-hydroxylation sites is 1. The summed E-state index contributed by atoms with van der Waals surface area (Å²) in [4.78, 5) is 2.48. The lowest BCUT2D eigenvalue weighted by Gasteiger charge is -2.39. The number of likely N-dealkylation sites (N-methyl/N-ethyl adjacent to an activating group) is 1. The van der Waals surface area contributed by atoms with Gasteiger partial charge in [-0.3, -0.25) is 4.90 Å². The molecule has 0 saturated carbocycles. The van der Waals surface area contributed by atoms with Crippen molar-refractivity contribution in [3.63, 3.8) is 0 Å². The first-order valence-corrected chi connectivity index (χ1v) is 7.78. The number of benzene rings is 1. The second-order valence-electron chi connectivity index (χ2n) is 6.20. The van der Waals surface area contributed by atoms with Crippen LogP contribution in [-0.2, 0) is 4.74 Å². The number of nitrogens with one attached hydrogen (secondary N) is 1. The molecule has 0 radical (unpaired) electrons. The van der Waals surface area contributed by atoms with Crippen LogP contribution in [0.5, 0.6) is 5.75 Å². The number of methoxy groups -OCH3 is 1. The van der Waals surface area contributed by atoms with Crippen molar-refractivity contribution in [3.05, 3.63) is 29.8 Å². The number of hydrogen-bond donors (Lipinski definition) is 1. The van der Waals surface area contributed by atoms with Gasteiger partial charge in [-0.15, -0.1) is 0 Å². The molecule has 118 valence electrons. The first kappa shape index (κ1) is 16.3. The highest BCUT2D eigenvalue weighted by molar-refractivity contribution is 5.36. The zero-order chi connectivity index (χ0) is 15.3. The second-order valence-corrected chi connectivity index (χ2v) is 6.20. The molecule has 1 aromatic rings. The molecule has 4 heteroatoms. The van der Waals surface area contributed by atoms with E-state index in [0.717, 1.165) is 38.5 Å². The molecule has 0 aliphatic carbocycles. The molecule has 1 unspecified atom stereocenters. The highest BCUT2D eigenvalue weighted by atomic mass is 16.5. The maximum atomic E-state index is 5.80. The van der Waals surface area contributed by atoms with E-state index in [2.05, 4.69) is 43.1 Å². The summed E-state index contributed by atoms with van der Waals surface area (Å²) in [7, 11) is 1.74. The number of hydrogen-bond acceptors (Lipinski definition) is 4. The minimum absolute atomic E-state index is 0.0597. The molecule has 1 aliphatic rings. The molecule has 0 spiro atoms. The van der Waals surface area contributed by atoms with Crippen LogP contribution in [0.3, 0.4) is 0 Å². The molecule has 0 bridgehead atoms. The van der Waals surface area contributed by atoms with Crippen molar-refractivity contribution < 1.29 is 9.47 Å². The van der Waals surface area contributed by atoms with Gasteiger partial charge < -0.3 is 14.8 Å². The summed E-state index contributed by atoms with van der Waals surface area (Å²) in [6.45, 7) is 11.1. The number of morpholine rings is 1. The summed E-state index contributed by atoms with van der Waals surface area (Å²) in [5, 5.41) is 3.59. The lowest BCUT2D eigenvalue weighted by atomic mass is 10.0. The predicted octanol–water partition coefficient (Wildman–Crippen LogP) is 2.46. The molecule has 1 aliphatic heterocycles. The van der Waals surface area contributed by atoms with E-state index in [0.29, 0.717) is 0 Å². The van der Waals surface area contributed by atoms with Gasteiger partial charge in [0.05, 0.1) is 19.3 Å². The quantitative estimate of drug-likeness (QED) is 0.873. The van der Waals surface area contributed by atoms with E-state index in [-0.39, 0.29) is 11.6 Å². The molecule has 4 nitrogen and oxygen atoms in total. The van der Waals surface area contributed by atoms with Gasteiger partial charge in [-0.25, -0.2) is 0 Å². The van der Waals surface area contributed by atoms with Gasteiger partial charge in [0, 0.05) is 31.2 Å². The molecule has 1 fully saturated rings. The molecule has 2 rings (SSSR count). The molecular weight excluding hydrogens is 264 g/mol. The van der Waals surface area contributed by atoms with Gasteiger partial charge in [-0.2, -0.15) is 0 Å². The lowest BCUT2D eigenvalue weighted by molar-refractivity contribution is -0.0876. The Bertz CT molecular complexity index is 448. The Labute approximate surface area is 128 Å².